The van der Waals surface area contributed by atoms with Gasteiger partial charge in [0.15, 0.2) is 5.78 Å². The fourth-order valence-corrected chi connectivity index (χ4v) is 4.68. The van der Waals surface area contributed by atoms with Gasteiger partial charge in [0, 0.05) is 39.2 Å². The van der Waals surface area contributed by atoms with E-state index in [1.54, 1.807) is 31.6 Å². The number of Topliss-reactive ketones (excluding diaryl/α,β-unsaturated/α-hetero) is 1. The van der Waals surface area contributed by atoms with E-state index in [-0.39, 0.29) is 5.78 Å². The molecular formula is C27H25NO3S. The number of hydrogen-bond donors (Lipinski definition) is 1. The van der Waals surface area contributed by atoms with Crippen LogP contribution in [0.15, 0.2) is 84.9 Å². The number of aryl methyl sites for hydroxylation is 1. The highest BCUT2D eigenvalue weighted by molar-refractivity contribution is 7.15. The van der Waals surface area contributed by atoms with Crippen molar-refractivity contribution in [1.29, 1.82) is 0 Å². The lowest BCUT2D eigenvalue weighted by Crippen LogP contribution is -2.21. The lowest BCUT2D eigenvalue weighted by Gasteiger charge is -2.21. The van der Waals surface area contributed by atoms with Crippen molar-refractivity contribution in [3.05, 3.63) is 101 Å². The molecule has 4 rings (SSSR count). The fraction of sp³-hybridized carbons (Fsp3) is 0.148. The Bertz CT molecular complexity index is 1180. The van der Waals surface area contributed by atoms with E-state index in [9.17, 15) is 4.79 Å². The van der Waals surface area contributed by atoms with Crippen molar-refractivity contribution in [3.63, 3.8) is 0 Å². The maximum atomic E-state index is 13.9. The second-order valence-corrected chi connectivity index (χ2v) is 8.68. The SMILES string of the molecule is COc1cc(NC(C(=O)c2cc(C)sc2-c2ccccc2)c2ccccc2)cc(OC)c1. The van der Waals surface area contributed by atoms with Gasteiger partial charge in [-0.1, -0.05) is 60.7 Å². The van der Waals surface area contributed by atoms with Crippen molar-refractivity contribution in [1.82, 2.24) is 0 Å². The van der Waals surface area contributed by atoms with Crippen LogP contribution in [0.4, 0.5) is 5.69 Å². The van der Waals surface area contributed by atoms with Crippen molar-refractivity contribution in [2.24, 2.45) is 0 Å². The number of ketones is 1. The molecule has 162 valence electrons. The summed E-state index contributed by atoms with van der Waals surface area (Å²) in [5, 5.41) is 3.43. The van der Waals surface area contributed by atoms with Crippen molar-refractivity contribution >= 4 is 22.8 Å². The summed E-state index contributed by atoms with van der Waals surface area (Å²) in [6.07, 6.45) is 0. The second-order valence-electron chi connectivity index (χ2n) is 7.42. The maximum Gasteiger partial charge on any atom is 0.191 e. The fourth-order valence-electron chi connectivity index (χ4n) is 3.66. The summed E-state index contributed by atoms with van der Waals surface area (Å²) in [7, 11) is 3.22. The summed E-state index contributed by atoms with van der Waals surface area (Å²) >= 11 is 1.64. The lowest BCUT2D eigenvalue weighted by molar-refractivity contribution is 0.0970. The molecule has 0 fully saturated rings. The van der Waals surface area contributed by atoms with Crippen LogP contribution in [-0.4, -0.2) is 20.0 Å². The monoisotopic (exact) mass is 443 g/mol. The molecule has 5 heteroatoms. The second kappa shape index (κ2) is 9.71. The molecule has 0 spiro atoms. The first-order chi connectivity index (χ1) is 15.6. The van der Waals surface area contributed by atoms with Crippen LogP contribution in [0.1, 0.15) is 26.8 Å². The van der Waals surface area contributed by atoms with E-state index in [1.165, 1.54) is 0 Å². The number of ether oxygens (including phenoxy) is 2. The topological polar surface area (TPSA) is 47.6 Å². The van der Waals surface area contributed by atoms with Gasteiger partial charge in [0.25, 0.3) is 0 Å². The summed E-state index contributed by atoms with van der Waals surface area (Å²) in [6, 6.07) is 26.8. The van der Waals surface area contributed by atoms with Gasteiger partial charge in [0.05, 0.1) is 14.2 Å². The predicted octanol–water partition coefficient (Wildman–Crippen LogP) is 6.78. The predicted molar refractivity (Wildman–Crippen MR) is 131 cm³/mol. The van der Waals surface area contributed by atoms with Gasteiger partial charge in [-0.2, -0.15) is 0 Å². The quantitative estimate of drug-likeness (QED) is 0.305. The molecule has 0 amide bonds. The first-order valence-corrected chi connectivity index (χ1v) is 11.2. The molecule has 0 aliphatic rings. The van der Waals surface area contributed by atoms with Crippen LogP contribution in [0.3, 0.4) is 0 Å². The zero-order valence-electron chi connectivity index (χ0n) is 18.3. The van der Waals surface area contributed by atoms with Crippen LogP contribution in [-0.2, 0) is 0 Å². The Morgan fingerprint density at radius 2 is 1.44 bits per heavy atom. The largest absolute Gasteiger partial charge is 0.497 e. The third-order valence-electron chi connectivity index (χ3n) is 5.21. The molecule has 4 aromatic rings. The molecule has 1 unspecified atom stereocenters. The first kappa shape index (κ1) is 21.7. The van der Waals surface area contributed by atoms with Crippen LogP contribution in [0.25, 0.3) is 10.4 Å². The van der Waals surface area contributed by atoms with Crippen LogP contribution in [0.5, 0.6) is 11.5 Å². The number of carbonyl (C=O) groups excluding carboxylic acids is 1. The number of carbonyl (C=O) groups is 1. The normalized spacial score (nSPS) is 11.6. The van der Waals surface area contributed by atoms with E-state index >= 15 is 0 Å². The Kier molecular flexibility index (Phi) is 6.57. The Morgan fingerprint density at radius 3 is 2.03 bits per heavy atom. The van der Waals surface area contributed by atoms with Crippen LogP contribution in [0, 0.1) is 6.92 Å². The molecule has 0 aliphatic heterocycles. The van der Waals surface area contributed by atoms with E-state index in [0.717, 1.165) is 32.1 Å². The van der Waals surface area contributed by atoms with E-state index < -0.39 is 6.04 Å². The zero-order valence-corrected chi connectivity index (χ0v) is 19.1. The van der Waals surface area contributed by atoms with E-state index in [1.807, 2.05) is 85.8 Å². The van der Waals surface area contributed by atoms with Crippen LogP contribution in [0.2, 0.25) is 0 Å². The molecule has 0 saturated heterocycles. The van der Waals surface area contributed by atoms with Crippen LogP contribution >= 0.6 is 11.3 Å². The number of methoxy groups -OCH3 is 2. The van der Waals surface area contributed by atoms with Gasteiger partial charge < -0.3 is 14.8 Å². The number of thiophene rings is 1. The average molecular weight is 444 g/mol. The summed E-state index contributed by atoms with van der Waals surface area (Å²) in [5.74, 6) is 1.33. The molecule has 3 aromatic carbocycles. The molecular weight excluding hydrogens is 418 g/mol. The minimum Gasteiger partial charge on any atom is -0.497 e. The highest BCUT2D eigenvalue weighted by atomic mass is 32.1. The van der Waals surface area contributed by atoms with Crippen molar-refractivity contribution in [3.8, 4) is 21.9 Å². The number of nitrogens with one attached hydrogen (secondary N) is 1. The zero-order chi connectivity index (χ0) is 22.5. The Morgan fingerprint density at radius 1 is 0.844 bits per heavy atom. The minimum absolute atomic E-state index is 0.0150. The highest BCUT2D eigenvalue weighted by Crippen LogP contribution is 2.36. The van der Waals surface area contributed by atoms with Crippen molar-refractivity contribution in [2.75, 3.05) is 19.5 Å². The standard InChI is InChI=1S/C27H25NO3S/c1-18-14-24(27(32-18)20-12-8-5-9-13-20)26(29)25(19-10-6-4-7-11-19)28-21-15-22(30-2)17-23(16-21)31-3/h4-17,25,28H,1-3H3. The molecule has 0 radical (unpaired) electrons. The summed E-state index contributed by atoms with van der Waals surface area (Å²) in [6.45, 7) is 2.03. The van der Waals surface area contributed by atoms with Gasteiger partial charge in [-0.3, -0.25) is 4.79 Å². The van der Waals surface area contributed by atoms with Crippen LogP contribution < -0.4 is 14.8 Å². The van der Waals surface area contributed by atoms with E-state index in [2.05, 4.69) is 5.32 Å². The van der Waals surface area contributed by atoms with Gasteiger partial charge in [-0.05, 0) is 24.1 Å². The summed E-state index contributed by atoms with van der Waals surface area (Å²) in [5.41, 5.74) is 3.40. The Hall–Kier alpha value is -3.57. The van der Waals surface area contributed by atoms with Gasteiger partial charge in [-0.15, -0.1) is 11.3 Å². The lowest BCUT2D eigenvalue weighted by atomic mass is 9.95. The molecule has 1 aromatic heterocycles. The number of hydrogen-bond acceptors (Lipinski definition) is 5. The third kappa shape index (κ3) is 4.68. The number of benzene rings is 3. The number of rotatable bonds is 8. The average Bonchev–Trinajstić information content (AvgIpc) is 3.24. The minimum atomic E-state index is -0.565. The summed E-state index contributed by atoms with van der Waals surface area (Å²) in [4.78, 5) is 16.0. The number of anilines is 1. The molecule has 0 saturated carbocycles. The molecule has 0 bridgehead atoms. The summed E-state index contributed by atoms with van der Waals surface area (Å²) < 4.78 is 10.8. The van der Waals surface area contributed by atoms with Gasteiger partial charge >= 0.3 is 0 Å². The van der Waals surface area contributed by atoms with Crippen molar-refractivity contribution < 1.29 is 14.3 Å². The molecule has 1 atom stereocenters. The Balaban J connectivity index is 1.77. The third-order valence-corrected chi connectivity index (χ3v) is 6.31. The molecule has 4 nitrogen and oxygen atoms in total. The highest BCUT2D eigenvalue weighted by Gasteiger charge is 2.26. The molecule has 1 N–H and O–H groups in total. The Labute approximate surface area is 192 Å². The molecule has 32 heavy (non-hydrogen) atoms. The van der Waals surface area contributed by atoms with Gasteiger partial charge in [-0.25, -0.2) is 0 Å². The molecule has 1 heterocycles. The molecule has 0 aliphatic carbocycles. The van der Waals surface area contributed by atoms with Gasteiger partial charge in [0.1, 0.15) is 17.5 Å². The maximum absolute atomic E-state index is 13.9. The smallest absolute Gasteiger partial charge is 0.191 e. The van der Waals surface area contributed by atoms with E-state index in [0.29, 0.717) is 11.5 Å². The van der Waals surface area contributed by atoms with E-state index in [4.69, 9.17) is 9.47 Å². The van der Waals surface area contributed by atoms with Gasteiger partial charge in [0.2, 0.25) is 0 Å². The van der Waals surface area contributed by atoms with Crippen molar-refractivity contribution in [2.45, 2.75) is 13.0 Å². The first-order valence-electron chi connectivity index (χ1n) is 10.3.